The van der Waals surface area contributed by atoms with Crippen LogP contribution in [0, 0.1) is 12.8 Å². The van der Waals surface area contributed by atoms with Gasteiger partial charge in [0.15, 0.2) is 0 Å². The van der Waals surface area contributed by atoms with Gasteiger partial charge in [0, 0.05) is 36.3 Å². The van der Waals surface area contributed by atoms with Crippen molar-refractivity contribution in [2.45, 2.75) is 44.9 Å². The van der Waals surface area contributed by atoms with Crippen molar-refractivity contribution < 1.29 is 9.21 Å². The van der Waals surface area contributed by atoms with Gasteiger partial charge in [-0.25, -0.2) is 4.98 Å². The van der Waals surface area contributed by atoms with E-state index in [1.807, 2.05) is 20.0 Å². The molecule has 130 valence electrons. The van der Waals surface area contributed by atoms with Crippen LogP contribution in [0.5, 0.6) is 0 Å². The third-order valence-corrected chi connectivity index (χ3v) is 6.17. The molecule has 24 heavy (non-hydrogen) atoms. The van der Waals surface area contributed by atoms with Crippen LogP contribution in [-0.4, -0.2) is 28.6 Å². The van der Waals surface area contributed by atoms with Gasteiger partial charge in [-0.1, -0.05) is 6.92 Å². The molecule has 4 nitrogen and oxygen atoms in total. The molecular formula is C18H24N2O2S2. The summed E-state index contributed by atoms with van der Waals surface area (Å²) in [4.78, 5) is 18.4. The third-order valence-electron chi connectivity index (χ3n) is 4.35. The lowest BCUT2D eigenvalue weighted by Crippen LogP contribution is -2.26. The number of rotatable bonds is 8. The monoisotopic (exact) mass is 364 g/mol. The van der Waals surface area contributed by atoms with E-state index < -0.39 is 0 Å². The minimum atomic E-state index is 0.162. The third kappa shape index (κ3) is 4.63. The van der Waals surface area contributed by atoms with Crippen molar-refractivity contribution in [1.82, 2.24) is 9.88 Å². The highest BCUT2D eigenvalue weighted by Crippen LogP contribution is 2.47. The fourth-order valence-electron chi connectivity index (χ4n) is 2.72. The Morgan fingerprint density at radius 1 is 1.50 bits per heavy atom. The van der Waals surface area contributed by atoms with E-state index in [4.69, 9.17) is 4.42 Å². The summed E-state index contributed by atoms with van der Waals surface area (Å²) in [5.41, 5.74) is 1.11. The second-order valence-electron chi connectivity index (χ2n) is 6.53. The van der Waals surface area contributed by atoms with E-state index in [-0.39, 0.29) is 5.91 Å². The SMILES string of the molecule is Cc1nc(CSCCC(=O)N(C)Cc2ccc([C@H]3C[C@H]3C)o2)cs1. The highest BCUT2D eigenvalue weighted by atomic mass is 32.2. The van der Waals surface area contributed by atoms with Gasteiger partial charge in [0.05, 0.1) is 17.2 Å². The molecule has 0 bridgehead atoms. The van der Waals surface area contributed by atoms with Crippen LogP contribution in [0.2, 0.25) is 0 Å². The van der Waals surface area contributed by atoms with Crippen LogP contribution in [0.25, 0.3) is 0 Å². The molecule has 0 aromatic carbocycles. The second-order valence-corrected chi connectivity index (χ2v) is 8.70. The molecule has 0 unspecified atom stereocenters. The average molecular weight is 365 g/mol. The molecule has 2 atom stereocenters. The normalized spacial score (nSPS) is 19.5. The number of hydrogen-bond donors (Lipinski definition) is 0. The molecule has 0 saturated heterocycles. The van der Waals surface area contributed by atoms with Crippen molar-refractivity contribution in [1.29, 1.82) is 0 Å². The van der Waals surface area contributed by atoms with Gasteiger partial charge in [-0.2, -0.15) is 11.8 Å². The number of furan rings is 1. The van der Waals surface area contributed by atoms with Crippen molar-refractivity contribution in [3.8, 4) is 0 Å². The van der Waals surface area contributed by atoms with Crippen LogP contribution in [0.15, 0.2) is 21.9 Å². The lowest BCUT2D eigenvalue weighted by molar-refractivity contribution is -0.130. The summed E-state index contributed by atoms with van der Waals surface area (Å²) in [5, 5.41) is 3.19. The number of carbonyl (C=O) groups excluding carboxylic acids is 1. The number of amides is 1. The lowest BCUT2D eigenvalue weighted by Gasteiger charge is -2.15. The molecule has 0 spiro atoms. The second kappa shape index (κ2) is 7.74. The fourth-order valence-corrected chi connectivity index (χ4v) is 4.26. The molecular weight excluding hydrogens is 340 g/mol. The Bertz CT molecular complexity index is 695. The number of carbonyl (C=O) groups is 1. The number of thiazole rings is 1. The number of aromatic nitrogens is 1. The molecule has 1 fully saturated rings. The molecule has 0 aliphatic heterocycles. The minimum absolute atomic E-state index is 0.162. The van der Waals surface area contributed by atoms with E-state index in [0.717, 1.165) is 39.6 Å². The van der Waals surface area contributed by atoms with E-state index in [1.165, 1.54) is 6.42 Å². The highest BCUT2D eigenvalue weighted by Gasteiger charge is 2.36. The van der Waals surface area contributed by atoms with Gasteiger partial charge in [0.25, 0.3) is 0 Å². The number of thioether (sulfide) groups is 1. The molecule has 2 heterocycles. The summed E-state index contributed by atoms with van der Waals surface area (Å²) in [6, 6.07) is 4.07. The van der Waals surface area contributed by atoms with Crippen molar-refractivity contribution in [2.24, 2.45) is 5.92 Å². The summed E-state index contributed by atoms with van der Waals surface area (Å²) < 4.78 is 5.88. The Morgan fingerprint density at radius 3 is 2.96 bits per heavy atom. The standard InChI is InChI=1S/C18H24N2O2S2/c1-12-8-16(12)17-5-4-15(22-17)9-20(3)18(21)6-7-23-10-14-11-24-13(2)19-14/h4-5,11-12,16H,6-10H2,1-3H3/t12-,16+/m1/s1. The van der Waals surface area contributed by atoms with Gasteiger partial charge in [0.2, 0.25) is 5.91 Å². The van der Waals surface area contributed by atoms with Gasteiger partial charge in [-0.3, -0.25) is 4.79 Å². The Hall–Kier alpha value is -1.27. The molecule has 6 heteroatoms. The maximum Gasteiger partial charge on any atom is 0.223 e. The van der Waals surface area contributed by atoms with Gasteiger partial charge >= 0.3 is 0 Å². The van der Waals surface area contributed by atoms with Gasteiger partial charge < -0.3 is 9.32 Å². The zero-order valence-corrected chi connectivity index (χ0v) is 16.1. The largest absolute Gasteiger partial charge is 0.464 e. The van der Waals surface area contributed by atoms with Crippen LogP contribution in [0.1, 0.15) is 47.9 Å². The molecule has 1 saturated carbocycles. The molecule has 2 aromatic rings. The minimum Gasteiger partial charge on any atom is -0.464 e. The van der Waals surface area contributed by atoms with Gasteiger partial charge in [-0.15, -0.1) is 11.3 Å². The van der Waals surface area contributed by atoms with Crippen molar-refractivity contribution in [3.63, 3.8) is 0 Å². The fraction of sp³-hybridized carbons (Fsp3) is 0.556. The van der Waals surface area contributed by atoms with Crippen LogP contribution in [0.4, 0.5) is 0 Å². The van der Waals surface area contributed by atoms with E-state index in [0.29, 0.717) is 18.9 Å². The molecule has 2 aromatic heterocycles. The van der Waals surface area contributed by atoms with Crippen LogP contribution in [-0.2, 0) is 17.1 Å². The topological polar surface area (TPSA) is 46.3 Å². The first-order valence-corrected chi connectivity index (χ1v) is 10.4. The van der Waals surface area contributed by atoms with Crippen molar-refractivity contribution in [3.05, 3.63) is 39.7 Å². The lowest BCUT2D eigenvalue weighted by atomic mass is 10.3. The Morgan fingerprint density at radius 2 is 2.29 bits per heavy atom. The summed E-state index contributed by atoms with van der Waals surface area (Å²) in [5.74, 6) is 5.14. The van der Waals surface area contributed by atoms with Crippen LogP contribution >= 0.6 is 23.1 Å². The first-order chi connectivity index (χ1) is 11.5. The van der Waals surface area contributed by atoms with Gasteiger partial charge in [0.1, 0.15) is 11.5 Å². The summed E-state index contributed by atoms with van der Waals surface area (Å²) in [6.07, 6.45) is 1.77. The number of hydrogen-bond acceptors (Lipinski definition) is 5. The van der Waals surface area contributed by atoms with E-state index in [2.05, 4.69) is 23.4 Å². The summed E-state index contributed by atoms with van der Waals surface area (Å²) >= 11 is 3.43. The van der Waals surface area contributed by atoms with Crippen LogP contribution in [0.3, 0.4) is 0 Å². The maximum atomic E-state index is 12.2. The first kappa shape index (κ1) is 17.5. The Labute approximate surface area is 151 Å². The van der Waals surface area contributed by atoms with E-state index in [9.17, 15) is 4.79 Å². The molecule has 1 aliphatic carbocycles. The zero-order valence-electron chi connectivity index (χ0n) is 14.4. The molecule has 1 aliphatic rings. The zero-order chi connectivity index (χ0) is 17.1. The highest BCUT2D eigenvalue weighted by molar-refractivity contribution is 7.98. The predicted molar refractivity (Wildman–Crippen MR) is 99.3 cm³/mol. The van der Waals surface area contributed by atoms with E-state index in [1.54, 1.807) is 28.0 Å². The van der Waals surface area contributed by atoms with Crippen molar-refractivity contribution in [2.75, 3.05) is 12.8 Å². The first-order valence-electron chi connectivity index (χ1n) is 8.34. The maximum absolute atomic E-state index is 12.2. The quantitative estimate of drug-likeness (QED) is 0.649. The van der Waals surface area contributed by atoms with E-state index >= 15 is 0 Å². The Kier molecular flexibility index (Phi) is 5.66. The molecule has 3 rings (SSSR count). The molecule has 1 amide bonds. The van der Waals surface area contributed by atoms with Crippen LogP contribution < -0.4 is 0 Å². The molecule has 0 N–H and O–H groups in total. The summed E-state index contributed by atoms with van der Waals surface area (Å²) in [7, 11) is 1.85. The Balaban J connectivity index is 1.37. The predicted octanol–water partition coefficient (Wildman–Crippen LogP) is 4.45. The van der Waals surface area contributed by atoms with Gasteiger partial charge in [-0.05, 0) is 31.4 Å². The average Bonchev–Trinajstić information content (AvgIpc) is 2.94. The number of nitrogens with zero attached hydrogens (tertiary/aromatic N) is 2. The summed E-state index contributed by atoms with van der Waals surface area (Å²) in [6.45, 7) is 4.81. The molecule has 0 radical (unpaired) electrons. The number of aryl methyl sites for hydroxylation is 1. The van der Waals surface area contributed by atoms with Crippen molar-refractivity contribution >= 4 is 29.0 Å². The smallest absolute Gasteiger partial charge is 0.223 e.